The largest absolute Gasteiger partial charge is 0.493 e. The van der Waals surface area contributed by atoms with Crippen molar-refractivity contribution >= 4 is 37.3 Å². The predicted molar refractivity (Wildman–Crippen MR) is 116 cm³/mol. The van der Waals surface area contributed by atoms with Gasteiger partial charge in [0.25, 0.3) is 0 Å². The number of hydrogen-bond acceptors (Lipinski definition) is 7. The van der Waals surface area contributed by atoms with Crippen LogP contribution < -0.4 is 9.64 Å². The van der Waals surface area contributed by atoms with Crippen molar-refractivity contribution in [3.05, 3.63) is 47.6 Å². The van der Waals surface area contributed by atoms with Crippen molar-refractivity contribution in [1.82, 2.24) is 9.29 Å². The Bertz CT molecular complexity index is 1070. The molecular weight excluding hydrogens is 450 g/mol. The minimum atomic E-state index is -3.64. The van der Waals surface area contributed by atoms with E-state index < -0.39 is 19.9 Å². The quantitative estimate of drug-likeness (QED) is 0.578. The molecular formula is C19H24ClN3O5S2. The molecule has 0 atom stereocenters. The van der Waals surface area contributed by atoms with E-state index in [1.54, 1.807) is 25.3 Å². The maximum atomic E-state index is 12.9. The number of nitrogens with zero attached hydrogens (tertiary/aromatic N) is 3. The maximum Gasteiger partial charge on any atom is 0.243 e. The lowest BCUT2D eigenvalue weighted by molar-refractivity contribution is 0.340. The molecule has 164 valence electrons. The Labute approximate surface area is 182 Å². The van der Waals surface area contributed by atoms with Crippen molar-refractivity contribution in [3.63, 3.8) is 0 Å². The van der Waals surface area contributed by atoms with E-state index in [9.17, 15) is 16.8 Å². The average Bonchev–Trinajstić information content (AvgIpc) is 2.74. The molecule has 0 aliphatic carbocycles. The van der Waals surface area contributed by atoms with Crippen molar-refractivity contribution in [2.24, 2.45) is 0 Å². The molecule has 1 aliphatic heterocycles. The van der Waals surface area contributed by atoms with Crippen molar-refractivity contribution in [2.45, 2.75) is 11.8 Å². The molecule has 2 heterocycles. The Kier molecular flexibility index (Phi) is 7.22. The number of benzene rings is 1. The van der Waals surface area contributed by atoms with E-state index in [-0.39, 0.29) is 23.0 Å². The third kappa shape index (κ3) is 5.42. The summed E-state index contributed by atoms with van der Waals surface area (Å²) in [6.07, 6.45) is 1.66. The number of pyridine rings is 1. The molecule has 1 aliphatic rings. The van der Waals surface area contributed by atoms with Crippen LogP contribution in [0, 0.1) is 0 Å². The van der Waals surface area contributed by atoms with Crippen molar-refractivity contribution in [2.75, 3.05) is 49.2 Å². The van der Waals surface area contributed by atoms with E-state index in [4.69, 9.17) is 16.3 Å². The zero-order valence-electron chi connectivity index (χ0n) is 16.6. The first-order valence-electron chi connectivity index (χ1n) is 9.52. The summed E-state index contributed by atoms with van der Waals surface area (Å²) in [6.45, 7) is 3.23. The van der Waals surface area contributed by atoms with Gasteiger partial charge in [-0.25, -0.2) is 21.8 Å². The number of ether oxygens (including phenoxy) is 1. The SMILES string of the molecule is CCS(=O)(=O)CCOc1ccc(S(=O)(=O)N2CCN(c3ncccc3Cl)CC2)cc1. The van der Waals surface area contributed by atoms with Crippen LogP contribution in [-0.4, -0.2) is 70.4 Å². The number of rotatable bonds is 8. The summed E-state index contributed by atoms with van der Waals surface area (Å²) in [7, 11) is -6.75. The van der Waals surface area contributed by atoms with E-state index in [2.05, 4.69) is 4.98 Å². The first-order valence-corrected chi connectivity index (χ1v) is 13.2. The van der Waals surface area contributed by atoms with Gasteiger partial charge in [-0.1, -0.05) is 18.5 Å². The highest BCUT2D eigenvalue weighted by molar-refractivity contribution is 7.91. The van der Waals surface area contributed by atoms with Gasteiger partial charge in [0.05, 0.1) is 15.7 Å². The summed E-state index contributed by atoms with van der Waals surface area (Å²) in [5, 5.41) is 0.538. The van der Waals surface area contributed by atoms with Gasteiger partial charge in [-0.05, 0) is 36.4 Å². The first kappa shape index (κ1) is 22.8. The lowest BCUT2D eigenvalue weighted by Crippen LogP contribution is -2.49. The topological polar surface area (TPSA) is 96.9 Å². The molecule has 30 heavy (non-hydrogen) atoms. The highest BCUT2D eigenvalue weighted by Crippen LogP contribution is 2.26. The van der Waals surface area contributed by atoms with Gasteiger partial charge in [-0.2, -0.15) is 4.31 Å². The Morgan fingerprint density at radius 1 is 1.03 bits per heavy atom. The molecule has 0 saturated carbocycles. The van der Waals surface area contributed by atoms with Gasteiger partial charge in [-0.15, -0.1) is 0 Å². The summed E-state index contributed by atoms with van der Waals surface area (Å²) < 4.78 is 55.7. The van der Waals surface area contributed by atoms with Gasteiger partial charge in [0.2, 0.25) is 10.0 Å². The molecule has 1 aromatic carbocycles. The second-order valence-corrected chi connectivity index (χ2v) is 11.6. The van der Waals surface area contributed by atoms with Crippen LogP contribution in [0.5, 0.6) is 5.75 Å². The second kappa shape index (κ2) is 9.51. The van der Waals surface area contributed by atoms with Crippen LogP contribution in [0.3, 0.4) is 0 Å². The second-order valence-electron chi connectivity index (χ2n) is 6.76. The van der Waals surface area contributed by atoms with Gasteiger partial charge >= 0.3 is 0 Å². The monoisotopic (exact) mass is 473 g/mol. The Morgan fingerprint density at radius 2 is 1.70 bits per heavy atom. The number of hydrogen-bond donors (Lipinski definition) is 0. The Morgan fingerprint density at radius 3 is 2.30 bits per heavy atom. The predicted octanol–water partition coefficient (Wildman–Crippen LogP) is 2.06. The van der Waals surface area contributed by atoms with Gasteiger partial charge < -0.3 is 9.64 Å². The third-order valence-electron chi connectivity index (χ3n) is 4.84. The van der Waals surface area contributed by atoms with E-state index >= 15 is 0 Å². The Balaban J connectivity index is 1.60. The molecule has 1 aromatic heterocycles. The number of halogens is 1. The summed E-state index contributed by atoms with van der Waals surface area (Å²) in [4.78, 5) is 6.41. The fourth-order valence-corrected chi connectivity index (χ4v) is 5.33. The number of anilines is 1. The molecule has 0 radical (unpaired) electrons. The summed E-state index contributed by atoms with van der Waals surface area (Å²) in [5.74, 6) is 1.07. The van der Waals surface area contributed by atoms with Crippen molar-refractivity contribution in [3.8, 4) is 5.75 Å². The van der Waals surface area contributed by atoms with Gasteiger partial charge in [0.15, 0.2) is 9.84 Å². The zero-order chi connectivity index (χ0) is 21.8. The van der Waals surface area contributed by atoms with Crippen LogP contribution in [-0.2, 0) is 19.9 Å². The molecule has 0 N–H and O–H groups in total. The van der Waals surface area contributed by atoms with Crippen LogP contribution in [0.4, 0.5) is 5.82 Å². The van der Waals surface area contributed by atoms with Crippen LogP contribution in [0.15, 0.2) is 47.5 Å². The van der Waals surface area contributed by atoms with Crippen LogP contribution in [0.2, 0.25) is 5.02 Å². The maximum absolute atomic E-state index is 12.9. The molecule has 0 unspecified atom stereocenters. The summed E-state index contributed by atoms with van der Waals surface area (Å²) in [5.41, 5.74) is 0. The molecule has 8 nitrogen and oxygen atoms in total. The lowest BCUT2D eigenvalue weighted by Gasteiger charge is -2.35. The number of aromatic nitrogens is 1. The normalized spacial score (nSPS) is 15.9. The van der Waals surface area contributed by atoms with Gasteiger partial charge in [0.1, 0.15) is 18.2 Å². The molecule has 0 bridgehead atoms. The third-order valence-corrected chi connectivity index (χ3v) is 8.72. The zero-order valence-corrected chi connectivity index (χ0v) is 19.0. The van der Waals surface area contributed by atoms with E-state index in [1.807, 2.05) is 4.90 Å². The van der Waals surface area contributed by atoms with Crippen molar-refractivity contribution < 1.29 is 21.6 Å². The van der Waals surface area contributed by atoms with Crippen LogP contribution in [0.1, 0.15) is 6.92 Å². The standard InChI is InChI=1S/C19H24ClN3O5S2/c1-2-29(24,25)15-14-28-16-5-7-17(8-6-16)30(26,27)23-12-10-22(11-13-23)19-18(20)4-3-9-21-19/h3-9H,2,10-15H2,1H3. The molecule has 0 amide bonds. The molecule has 3 rings (SSSR count). The molecule has 2 aromatic rings. The smallest absolute Gasteiger partial charge is 0.243 e. The number of sulfonamides is 1. The molecule has 0 spiro atoms. The first-order chi connectivity index (χ1) is 14.2. The minimum absolute atomic E-state index is 0.0281. The molecule has 1 fully saturated rings. The van der Waals surface area contributed by atoms with E-state index in [1.165, 1.54) is 28.6 Å². The fourth-order valence-electron chi connectivity index (χ4n) is 3.04. The van der Waals surface area contributed by atoms with E-state index in [0.717, 1.165) is 0 Å². The summed E-state index contributed by atoms with van der Waals surface area (Å²) >= 11 is 6.18. The average molecular weight is 474 g/mol. The Hall–Kier alpha value is -1.88. The van der Waals surface area contributed by atoms with Crippen LogP contribution in [0.25, 0.3) is 0 Å². The highest BCUT2D eigenvalue weighted by Gasteiger charge is 2.29. The van der Waals surface area contributed by atoms with Crippen molar-refractivity contribution in [1.29, 1.82) is 0 Å². The van der Waals surface area contributed by atoms with Gasteiger partial charge in [-0.3, -0.25) is 0 Å². The summed E-state index contributed by atoms with van der Waals surface area (Å²) in [6, 6.07) is 9.53. The fraction of sp³-hybridized carbons (Fsp3) is 0.421. The van der Waals surface area contributed by atoms with Crippen LogP contribution >= 0.6 is 11.6 Å². The highest BCUT2D eigenvalue weighted by atomic mass is 35.5. The van der Waals surface area contributed by atoms with Gasteiger partial charge in [0, 0.05) is 38.1 Å². The molecule has 1 saturated heterocycles. The number of piperazine rings is 1. The van der Waals surface area contributed by atoms with E-state index in [0.29, 0.717) is 42.8 Å². The lowest BCUT2D eigenvalue weighted by atomic mass is 10.3. The number of sulfone groups is 1. The molecule has 11 heteroatoms. The minimum Gasteiger partial charge on any atom is -0.493 e.